The number of aryl methyl sites for hydroxylation is 2. The zero-order chi connectivity index (χ0) is 15.6. The number of carbonyl (C=O) groups excluding carboxylic acids is 1. The molecule has 8 heteroatoms. The minimum absolute atomic E-state index is 0.195. The topological polar surface area (TPSA) is 56.1 Å². The van der Waals surface area contributed by atoms with Crippen LogP contribution in [0.4, 0.5) is 18.9 Å². The van der Waals surface area contributed by atoms with E-state index in [4.69, 9.17) is 0 Å². The van der Waals surface area contributed by atoms with E-state index in [2.05, 4.69) is 15.2 Å². The number of nitrogens with zero attached hydrogens (tertiary/aromatic N) is 2. The van der Waals surface area contributed by atoms with Crippen molar-refractivity contribution in [3.63, 3.8) is 0 Å². The molecule has 0 bridgehead atoms. The third-order valence-electron chi connectivity index (χ3n) is 2.56. The molecule has 0 aliphatic rings. The first-order valence-electron chi connectivity index (χ1n) is 5.92. The summed E-state index contributed by atoms with van der Waals surface area (Å²) in [6, 6.07) is 6.63. The molecule has 0 aliphatic carbocycles. The summed E-state index contributed by atoms with van der Waals surface area (Å²) < 4.78 is 41.6. The molecule has 0 saturated carbocycles. The van der Waals surface area contributed by atoms with Gasteiger partial charge in [0.25, 0.3) is 5.91 Å². The Bertz CT molecular complexity index is 665. The molecule has 0 saturated heterocycles. The van der Waals surface area contributed by atoms with Gasteiger partial charge in [0, 0.05) is 18.8 Å². The van der Waals surface area contributed by atoms with Crippen molar-refractivity contribution in [1.29, 1.82) is 0 Å². The van der Waals surface area contributed by atoms with E-state index in [1.165, 1.54) is 16.8 Å². The molecule has 1 aromatic heterocycles. The lowest BCUT2D eigenvalue weighted by atomic mass is 10.3. The van der Waals surface area contributed by atoms with Crippen molar-refractivity contribution in [2.24, 2.45) is 7.05 Å². The van der Waals surface area contributed by atoms with Gasteiger partial charge in [0.2, 0.25) is 0 Å². The average Bonchev–Trinajstić information content (AvgIpc) is 2.66. The van der Waals surface area contributed by atoms with Gasteiger partial charge in [-0.2, -0.15) is 5.10 Å². The zero-order valence-electron chi connectivity index (χ0n) is 11.2. The molecular formula is C13H12F3N3O2. The van der Waals surface area contributed by atoms with Gasteiger partial charge in [0.05, 0.1) is 5.69 Å². The Hall–Kier alpha value is -2.51. The number of ether oxygens (including phenoxy) is 1. The van der Waals surface area contributed by atoms with Crippen LogP contribution >= 0.6 is 0 Å². The summed E-state index contributed by atoms with van der Waals surface area (Å²) in [5.41, 5.74) is 1.16. The second-order valence-electron chi connectivity index (χ2n) is 4.32. The first kappa shape index (κ1) is 14.9. The highest BCUT2D eigenvalue weighted by molar-refractivity contribution is 6.03. The van der Waals surface area contributed by atoms with Crippen molar-refractivity contribution in [1.82, 2.24) is 9.78 Å². The molecule has 1 aromatic carbocycles. The fourth-order valence-corrected chi connectivity index (χ4v) is 1.79. The number of hydrogen-bond acceptors (Lipinski definition) is 3. The summed E-state index contributed by atoms with van der Waals surface area (Å²) in [6.07, 6.45) is -4.78. The number of anilines is 1. The summed E-state index contributed by atoms with van der Waals surface area (Å²) in [6.45, 7) is 1.73. The molecular weight excluding hydrogens is 287 g/mol. The quantitative estimate of drug-likeness (QED) is 0.948. The Balaban J connectivity index is 2.14. The normalized spacial score (nSPS) is 11.3. The van der Waals surface area contributed by atoms with Gasteiger partial charge < -0.3 is 10.1 Å². The molecule has 112 valence electrons. The van der Waals surface area contributed by atoms with E-state index < -0.39 is 18.0 Å². The standard InChI is InChI=1S/C13H12F3N3O2/c1-8-6-11(19(2)18-8)12(20)17-9-4-3-5-10(7-9)21-13(14,15)16/h3-7H,1-2H3,(H,17,20). The van der Waals surface area contributed by atoms with E-state index in [-0.39, 0.29) is 5.69 Å². The number of rotatable bonds is 3. The SMILES string of the molecule is Cc1cc(C(=O)Nc2cccc(OC(F)(F)F)c2)n(C)n1. The highest BCUT2D eigenvalue weighted by atomic mass is 19.4. The van der Waals surface area contributed by atoms with Crippen molar-refractivity contribution in [2.75, 3.05) is 5.32 Å². The number of benzene rings is 1. The summed E-state index contributed by atoms with van der Waals surface area (Å²) in [4.78, 5) is 12.0. The maximum atomic E-state index is 12.1. The molecule has 0 atom stereocenters. The van der Waals surface area contributed by atoms with Crippen LogP contribution in [-0.4, -0.2) is 22.1 Å². The molecule has 2 aromatic rings. The fourth-order valence-electron chi connectivity index (χ4n) is 1.79. The summed E-state index contributed by atoms with van der Waals surface area (Å²) in [5.74, 6) is -0.872. The van der Waals surface area contributed by atoms with Gasteiger partial charge in [0.15, 0.2) is 0 Å². The van der Waals surface area contributed by atoms with E-state index in [0.717, 1.165) is 12.1 Å². The molecule has 5 nitrogen and oxygen atoms in total. The number of carbonyl (C=O) groups is 1. The van der Waals surface area contributed by atoms with Gasteiger partial charge in [-0.05, 0) is 25.1 Å². The van der Waals surface area contributed by atoms with Crippen LogP contribution in [0.2, 0.25) is 0 Å². The molecule has 0 fully saturated rings. The second-order valence-corrected chi connectivity index (χ2v) is 4.32. The third-order valence-corrected chi connectivity index (χ3v) is 2.56. The van der Waals surface area contributed by atoms with Crippen LogP contribution < -0.4 is 10.1 Å². The largest absolute Gasteiger partial charge is 0.573 e. The monoisotopic (exact) mass is 299 g/mol. The smallest absolute Gasteiger partial charge is 0.406 e. The summed E-state index contributed by atoms with van der Waals surface area (Å²) in [7, 11) is 1.60. The number of halogens is 3. The van der Waals surface area contributed by atoms with Crippen molar-refractivity contribution in [3.8, 4) is 5.75 Å². The molecule has 21 heavy (non-hydrogen) atoms. The van der Waals surface area contributed by atoms with Gasteiger partial charge in [-0.15, -0.1) is 13.2 Å². The van der Waals surface area contributed by atoms with Gasteiger partial charge in [0.1, 0.15) is 11.4 Å². The van der Waals surface area contributed by atoms with Gasteiger partial charge in [-0.25, -0.2) is 0 Å². The second kappa shape index (κ2) is 5.47. The van der Waals surface area contributed by atoms with Crippen molar-refractivity contribution >= 4 is 11.6 Å². The van der Waals surface area contributed by atoms with E-state index >= 15 is 0 Å². The molecule has 1 N–H and O–H groups in total. The van der Waals surface area contributed by atoms with Crippen molar-refractivity contribution < 1.29 is 22.7 Å². The molecule has 0 aliphatic heterocycles. The van der Waals surface area contributed by atoms with Gasteiger partial charge in [-0.1, -0.05) is 6.07 Å². The van der Waals surface area contributed by atoms with Crippen LogP contribution in [0, 0.1) is 6.92 Å². The average molecular weight is 299 g/mol. The van der Waals surface area contributed by atoms with Crippen LogP contribution in [0.25, 0.3) is 0 Å². The Morgan fingerprint density at radius 3 is 2.62 bits per heavy atom. The Morgan fingerprint density at radius 1 is 1.33 bits per heavy atom. The van der Waals surface area contributed by atoms with E-state index in [1.807, 2.05) is 0 Å². The molecule has 0 spiro atoms. The predicted molar refractivity (Wildman–Crippen MR) is 69.0 cm³/mol. The van der Waals surface area contributed by atoms with E-state index in [9.17, 15) is 18.0 Å². The minimum atomic E-state index is -4.78. The summed E-state index contributed by atoms with van der Waals surface area (Å²) in [5, 5.41) is 6.51. The molecule has 0 radical (unpaired) electrons. The number of hydrogen-bond donors (Lipinski definition) is 1. The minimum Gasteiger partial charge on any atom is -0.406 e. The van der Waals surface area contributed by atoms with Crippen LogP contribution in [-0.2, 0) is 7.05 Å². The summed E-state index contributed by atoms with van der Waals surface area (Å²) >= 11 is 0. The maximum Gasteiger partial charge on any atom is 0.573 e. The Labute approximate surface area is 118 Å². The third kappa shape index (κ3) is 3.98. The van der Waals surface area contributed by atoms with Crippen LogP contribution in [0.5, 0.6) is 5.75 Å². The Morgan fingerprint density at radius 2 is 2.05 bits per heavy atom. The highest BCUT2D eigenvalue weighted by Crippen LogP contribution is 2.25. The lowest BCUT2D eigenvalue weighted by Gasteiger charge is -2.10. The number of aromatic nitrogens is 2. The lowest BCUT2D eigenvalue weighted by molar-refractivity contribution is -0.274. The number of alkyl halides is 3. The first-order valence-corrected chi connectivity index (χ1v) is 5.92. The van der Waals surface area contributed by atoms with Gasteiger partial charge >= 0.3 is 6.36 Å². The fraction of sp³-hybridized carbons (Fsp3) is 0.231. The zero-order valence-corrected chi connectivity index (χ0v) is 11.2. The Kier molecular flexibility index (Phi) is 3.88. The van der Waals surface area contributed by atoms with Gasteiger partial charge in [-0.3, -0.25) is 9.48 Å². The highest BCUT2D eigenvalue weighted by Gasteiger charge is 2.31. The molecule has 0 unspecified atom stereocenters. The predicted octanol–water partition coefficient (Wildman–Crippen LogP) is 2.88. The van der Waals surface area contributed by atoms with Crippen molar-refractivity contribution in [3.05, 3.63) is 41.7 Å². The van der Waals surface area contributed by atoms with Crippen LogP contribution in [0.1, 0.15) is 16.2 Å². The van der Waals surface area contributed by atoms with E-state index in [1.54, 1.807) is 20.0 Å². The molecule has 2 rings (SSSR count). The maximum absolute atomic E-state index is 12.1. The van der Waals surface area contributed by atoms with Crippen molar-refractivity contribution in [2.45, 2.75) is 13.3 Å². The first-order chi connectivity index (χ1) is 9.74. The number of amides is 1. The molecule has 1 heterocycles. The van der Waals surface area contributed by atoms with E-state index in [0.29, 0.717) is 11.4 Å². The molecule has 1 amide bonds. The van der Waals surface area contributed by atoms with Crippen LogP contribution in [0.15, 0.2) is 30.3 Å². The number of nitrogens with one attached hydrogen (secondary N) is 1. The lowest BCUT2D eigenvalue weighted by Crippen LogP contribution is -2.18. The van der Waals surface area contributed by atoms with Crippen LogP contribution in [0.3, 0.4) is 0 Å².